The lowest BCUT2D eigenvalue weighted by Crippen LogP contribution is -2.29. The Morgan fingerprint density at radius 2 is 2.28 bits per heavy atom. The minimum atomic E-state index is -0.446. The van der Waals surface area contributed by atoms with Crippen LogP contribution in [0.25, 0.3) is 0 Å². The van der Waals surface area contributed by atoms with E-state index in [4.69, 9.17) is 9.84 Å². The maximum atomic E-state index is 12.9. The van der Waals surface area contributed by atoms with E-state index in [0.717, 1.165) is 12.8 Å². The van der Waals surface area contributed by atoms with Gasteiger partial charge in [0.1, 0.15) is 11.6 Å². The van der Waals surface area contributed by atoms with Crippen molar-refractivity contribution in [3.05, 3.63) is 29.6 Å². The normalized spacial score (nSPS) is 10.2. The van der Waals surface area contributed by atoms with Crippen molar-refractivity contribution in [1.29, 1.82) is 0 Å². The van der Waals surface area contributed by atoms with E-state index >= 15 is 0 Å². The van der Waals surface area contributed by atoms with Gasteiger partial charge in [-0.15, -0.1) is 0 Å². The Bertz CT molecular complexity index is 396. The number of benzene rings is 1. The number of hydrogen-bond acceptors (Lipinski definition) is 3. The molecule has 0 aromatic heterocycles. The average Bonchev–Trinajstić information content (AvgIpc) is 2.37. The summed E-state index contributed by atoms with van der Waals surface area (Å²) in [5, 5.41) is 11.7. The number of ether oxygens (including phenoxy) is 1. The van der Waals surface area contributed by atoms with Crippen LogP contribution >= 0.6 is 0 Å². The summed E-state index contributed by atoms with van der Waals surface area (Å²) in [5.74, 6) is -0.347. The number of unbranched alkanes of at least 4 members (excludes halogenated alkanes) is 1. The zero-order valence-corrected chi connectivity index (χ0v) is 10.4. The Balaban J connectivity index is 2.45. The molecule has 1 rings (SSSR count). The number of carbonyl (C=O) groups excluding carboxylic acids is 1. The molecule has 4 nitrogen and oxygen atoms in total. The number of aliphatic hydroxyl groups excluding tert-OH is 1. The van der Waals surface area contributed by atoms with Crippen LogP contribution in [-0.2, 0) is 11.4 Å². The molecule has 0 saturated carbocycles. The molecule has 1 aromatic carbocycles. The molecule has 5 heteroatoms. The second-order valence-electron chi connectivity index (χ2n) is 3.90. The topological polar surface area (TPSA) is 58.6 Å². The van der Waals surface area contributed by atoms with Gasteiger partial charge in [-0.1, -0.05) is 13.3 Å². The Morgan fingerprint density at radius 1 is 1.50 bits per heavy atom. The van der Waals surface area contributed by atoms with Gasteiger partial charge in [0.15, 0.2) is 6.61 Å². The van der Waals surface area contributed by atoms with Crippen LogP contribution < -0.4 is 10.1 Å². The molecule has 0 unspecified atom stereocenters. The number of rotatable bonds is 7. The first-order chi connectivity index (χ1) is 8.67. The number of halogens is 1. The van der Waals surface area contributed by atoms with Gasteiger partial charge in [0.2, 0.25) is 0 Å². The van der Waals surface area contributed by atoms with E-state index in [1.54, 1.807) is 0 Å². The first kappa shape index (κ1) is 14.4. The summed E-state index contributed by atoms with van der Waals surface area (Å²) in [6, 6.07) is 3.81. The highest BCUT2D eigenvalue weighted by Crippen LogP contribution is 2.19. The van der Waals surface area contributed by atoms with Crippen LogP contribution in [0.15, 0.2) is 18.2 Å². The third kappa shape index (κ3) is 4.71. The first-order valence-electron chi connectivity index (χ1n) is 5.96. The highest BCUT2D eigenvalue weighted by Gasteiger charge is 2.07. The number of nitrogens with one attached hydrogen (secondary N) is 1. The molecular formula is C13H18FNO3. The Kier molecular flexibility index (Phi) is 6.14. The van der Waals surface area contributed by atoms with Crippen LogP contribution in [-0.4, -0.2) is 24.2 Å². The van der Waals surface area contributed by atoms with Crippen molar-refractivity contribution in [2.45, 2.75) is 26.4 Å². The predicted molar refractivity (Wildman–Crippen MR) is 65.7 cm³/mol. The molecule has 0 radical (unpaired) electrons. The van der Waals surface area contributed by atoms with Gasteiger partial charge in [-0.2, -0.15) is 0 Å². The molecule has 18 heavy (non-hydrogen) atoms. The van der Waals surface area contributed by atoms with Crippen molar-refractivity contribution < 1.29 is 19.0 Å². The third-order valence-electron chi connectivity index (χ3n) is 2.40. The third-order valence-corrected chi connectivity index (χ3v) is 2.40. The fourth-order valence-corrected chi connectivity index (χ4v) is 1.41. The SMILES string of the molecule is CCCCNC(=O)COc1ccc(F)cc1CO. The van der Waals surface area contributed by atoms with E-state index in [1.807, 2.05) is 6.92 Å². The minimum absolute atomic E-state index is 0.137. The van der Waals surface area contributed by atoms with Gasteiger partial charge < -0.3 is 15.2 Å². The fraction of sp³-hybridized carbons (Fsp3) is 0.462. The zero-order valence-electron chi connectivity index (χ0n) is 10.4. The minimum Gasteiger partial charge on any atom is -0.483 e. The van der Waals surface area contributed by atoms with Crippen LogP contribution in [0.1, 0.15) is 25.3 Å². The highest BCUT2D eigenvalue weighted by molar-refractivity contribution is 5.77. The molecule has 2 N–H and O–H groups in total. The smallest absolute Gasteiger partial charge is 0.257 e. The Labute approximate surface area is 106 Å². The number of amides is 1. The second-order valence-corrected chi connectivity index (χ2v) is 3.90. The zero-order chi connectivity index (χ0) is 13.4. The van der Waals surface area contributed by atoms with Gasteiger partial charge >= 0.3 is 0 Å². The summed E-state index contributed by atoms with van der Waals surface area (Å²) < 4.78 is 18.1. The van der Waals surface area contributed by atoms with Gasteiger partial charge in [-0.25, -0.2) is 4.39 Å². The molecule has 0 saturated heterocycles. The lowest BCUT2D eigenvalue weighted by molar-refractivity contribution is -0.123. The summed E-state index contributed by atoms with van der Waals surface area (Å²) in [7, 11) is 0. The Hall–Kier alpha value is -1.62. The van der Waals surface area contributed by atoms with E-state index < -0.39 is 5.82 Å². The fourth-order valence-electron chi connectivity index (χ4n) is 1.41. The molecule has 100 valence electrons. The maximum absolute atomic E-state index is 12.9. The first-order valence-corrected chi connectivity index (χ1v) is 5.96. The second kappa shape index (κ2) is 7.66. The van der Waals surface area contributed by atoms with Crippen molar-refractivity contribution in [3.8, 4) is 5.75 Å². The molecule has 0 fully saturated rings. The average molecular weight is 255 g/mol. The molecule has 0 heterocycles. The molecule has 0 aliphatic carbocycles. The van der Waals surface area contributed by atoms with Crippen LogP contribution in [0.2, 0.25) is 0 Å². The lowest BCUT2D eigenvalue weighted by atomic mass is 10.2. The molecule has 0 bridgehead atoms. The van der Waals surface area contributed by atoms with Gasteiger partial charge in [0.05, 0.1) is 6.61 Å². The van der Waals surface area contributed by atoms with Crippen molar-refractivity contribution in [2.24, 2.45) is 0 Å². The molecule has 0 aliphatic heterocycles. The number of aliphatic hydroxyl groups is 1. The van der Waals surface area contributed by atoms with Crippen molar-refractivity contribution in [1.82, 2.24) is 5.32 Å². The monoisotopic (exact) mass is 255 g/mol. The summed E-state index contributed by atoms with van der Waals surface area (Å²) >= 11 is 0. The number of hydrogen-bond donors (Lipinski definition) is 2. The van der Waals surface area contributed by atoms with Gasteiger partial charge in [0.25, 0.3) is 5.91 Å². The lowest BCUT2D eigenvalue weighted by Gasteiger charge is -2.10. The van der Waals surface area contributed by atoms with E-state index in [9.17, 15) is 9.18 Å². The molecule has 0 atom stereocenters. The van der Waals surface area contributed by atoms with Crippen molar-refractivity contribution in [3.63, 3.8) is 0 Å². The molecule has 0 aliphatic rings. The van der Waals surface area contributed by atoms with Gasteiger partial charge in [0, 0.05) is 12.1 Å². The molecule has 0 spiro atoms. The predicted octanol–water partition coefficient (Wildman–Crippen LogP) is 1.61. The summed E-state index contributed by atoms with van der Waals surface area (Å²) in [5.41, 5.74) is 0.330. The van der Waals surface area contributed by atoms with Crippen LogP contribution in [0, 0.1) is 5.82 Å². The quantitative estimate of drug-likeness (QED) is 0.728. The molecular weight excluding hydrogens is 237 g/mol. The van der Waals surface area contributed by atoms with E-state index in [2.05, 4.69) is 5.32 Å². The maximum Gasteiger partial charge on any atom is 0.257 e. The van der Waals surface area contributed by atoms with Crippen LogP contribution in [0.3, 0.4) is 0 Å². The van der Waals surface area contributed by atoms with E-state index in [0.29, 0.717) is 17.9 Å². The largest absolute Gasteiger partial charge is 0.483 e. The Morgan fingerprint density at radius 3 is 2.94 bits per heavy atom. The summed E-state index contributed by atoms with van der Waals surface area (Å²) in [6.07, 6.45) is 1.93. The standard InChI is InChI=1S/C13H18FNO3/c1-2-3-6-15-13(17)9-18-12-5-4-11(14)7-10(12)8-16/h4-5,7,16H,2-3,6,8-9H2,1H3,(H,15,17). The molecule has 1 aromatic rings. The number of carbonyl (C=O) groups is 1. The highest BCUT2D eigenvalue weighted by atomic mass is 19.1. The summed E-state index contributed by atoms with van der Waals surface area (Å²) in [4.78, 5) is 11.4. The summed E-state index contributed by atoms with van der Waals surface area (Å²) in [6.45, 7) is 2.19. The van der Waals surface area contributed by atoms with Crippen molar-refractivity contribution >= 4 is 5.91 Å². The van der Waals surface area contributed by atoms with Crippen LogP contribution in [0.5, 0.6) is 5.75 Å². The van der Waals surface area contributed by atoms with E-state index in [-0.39, 0.29) is 19.1 Å². The van der Waals surface area contributed by atoms with Crippen LogP contribution in [0.4, 0.5) is 4.39 Å². The van der Waals surface area contributed by atoms with Crippen molar-refractivity contribution in [2.75, 3.05) is 13.2 Å². The molecule has 1 amide bonds. The van der Waals surface area contributed by atoms with E-state index in [1.165, 1.54) is 18.2 Å². The van der Waals surface area contributed by atoms with Gasteiger partial charge in [-0.05, 0) is 24.6 Å². The van der Waals surface area contributed by atoms with Gasteiger partial charge in [-0.3, -0.25) is 4.79 Å².